The van der Waals surface area contributed by atoms with Crippen molar-refractivity contribution in [2.24, 2.45) is 0 Å². The van der Waals surface area contributed by atoms with Crippen LogP contribution < -0.4 is 14.8 Å². The van der Waals surface area contributed by atoms with Gasteiger partial charge in [0.1, 0.15) is 17.5 Å². The van der Waals surface area contributed by atoms with Crippen LogP contribution >= 0.6 is 0 Å². The average molecular weight is 455 g/mol. The monoisotopic (exact) mass is 454 g/mol. The summed E-state index contributed by atoms with van der Waals surface area (Å²) in [6, 6.07) is 14.7. The van der Waals surface area contributed by atoms with E-state index in [0.29, 0.717) is 36.9 Å². The minimum absolute atomic E-state index is 0.135. The molecule has 0 saturated carbocycles. The third kappa shape index (κ3) is 8.12. The van der Waals surface area contributed by atoms with Gasteiger partial charge in [-0.2, -0.15) is 0 Å². The molecule has 0 unspecified atom stereocenters. The maximum absolute atomic E-state index is 13.3. The lowest BCUT2D eigenvalue weighted by Crippen LogP contribution is -2.50. The standard InChI is InChI=1S/C27H38N2O4/c1-6-8-16-28-27(31)25(7-2)29(18-21-10-9-11-24(17-21)32-5)26(30)19-33-23-14-12-22(13-15-23)20(3)4/h9-15,17,20,25H,6-8,16,18-19H2,1-5H3,(H,28,31)/t25-/m1/s1. The van der Waals surface area contributed by atoms with Gasteiger partial charge in [0.2, 0.25) is 5.91 Å². The topological polar surface area (TPSA) is 67.9 Å². The van der Waals surface area contributed by atoms with Gasteiger partial charge in [0.05, 0.1) is 7.11 Å². The minimum atomic E-state index is -0.576. The Kier molecular flexibility index (Phi) is 10.7. The minimum Gasteiger partial charge on any atom is -0.497 e. The molecule has 1 N–H and O–H groups in total. The number of methoxy groups -OCH3 is 1. The van der Waals surface area contributed by atoms with Crippen molar-refractivity contribution in [1.29, 1.82) is 0 Å². The van der Waals surface area contributed by atoms with Crippen LogP contribution in [0.4, 0.5) is 0 Å². The van der Waals surface area contributed by atoms with Crippen molar-refractivity contribution >= 4 is 11.8 Å². The fourth-order valence-corrected chi connectivity index (χ4v) is 3.57. The quantitative estimate of drug-likeness (QED) is 0.436. The average Bonchev–Trinajstić information content (AvgIpc) is 2.83. The fourth-order valence-electron chi connectivity index (χ4n) is 3.57. The smallest absolute Gasteiger partial charge is 0.261 e. The summed E-state index contributed by atoms with van der Waals surface area (Å²) in [6.45, 7) is 9.02. The number of hydrogen-bond acceptors (Lipinski definition) is 4. The molecule has 6 nitrogen and oxygen atoms in total. The number of unbranched alkanes of at least 4 members (excludes halogenated alkanes) is 1. The number of carbonyl (C=O) groups is 2. The summed E-state index contributed by atoms with van der Waals surface area (Å²) in [4.78, 5) is 27.8. The summed E-state index contributed by atoms with van der Waals surface area (Å²) < 4.78 is 11.1. The van der Waals surface area contributed by atoms with Gasteiger partial charge in [0.25, 0.3) is 5.91 Å². The molecule has 0 spiro atoms. The second-order valence-electron chi connectivity index (χ2n) is 8.45. The predicted molar refractivity (Wildman–Crippen MR) is 132 cm³/mol. The summed E-state index contributed by atoms with van der Waals surface area (Å²) in [5, 5.41) is 2.97. The van der Waals surface area contributed by atoms with E-state index in [2.05, 4.69) is 26.1 Å². The van der Waals surface area contributed by atoms with Gasteiger partial charge in [0, 0.05) is 13.1 Å². The molecule has 0 fully saturated rings. The van der Waals surface area contributed by atoms with Gasteiger partial charge < -0.3 is 19.7 Å². The number of rotatable bonds is 13. The Morgan fingerprint density at radius 1 is 1.03 bits per heavy atom. The highest BCUT2D eigenvalue weighted by Crippen LogP contribution is 2.20. The second kappa shape index (κ2) is 13.5. The molecular weight excluding hydrogens is 416 g/mol. The molecule has 0 aromatic heterocycles. The molecule has 0 radical (unpaired) electrons. The predicted octanol–water partition coefficient (Wildman–Crippen LogP) is 4.92. The first-order valence-corrected chi connectivity index (χ1v) is 11.8. The maximum Gasteiger partial charge on any atom is 0.261 e. The Labute approximate surface area is 198 Å². The van der Waals surface area contributed by atoms with Gasteiger partial charge in [-0.3, -0.25) is 9.59 Å². The summed E-state index contributed by atoms with van der Waals surface area (Å²) in [5.74, 6) is 1.40. The first-order valence-electron chi connectivity index (χ1n) is 11.8. The zero-order chi connectivity index (χ0) is 24.2. The zero-order valence-electron chi connectivity index (χ0n) is 20.6. The van der Waals surface area contributed by atoms with E-state index in [1.165, 1.54) is 5.56 Å². The molecule has 0 heterocycles. The van der Waals surface area contributed by atoms with Crippen molar-refractivity contribution < 1.29 is 19.1 Å². The number of carbonyl (C=O) groups excluding carboxylic acids is 2. The number of amides is 2. The highest BCUT2D eigenvalue weighted by Gasteiger charge is 2.29. The number of nitrogens with zero attached hydrogens (tertiary/aromatic N) is 1. The van der Waals surface area contributed by atoms with Crippen molar-refractivity contribution in [2.75, 3.05) is 20.3 Å². The van der Waals surface area contributed by atoms with Crippen molar-refractivity contribution in [1.82, 2.24) is 10.2 Å². The van der Waals surface area contributed by atoms with Crippen molar-refractivity contribution in [3.8, 4) is 11.5 Å². The highest BCUT2D eigenvalue weighted by atomic mass is 16.5. The second-order valence-corrected chi connectivity index (χ2v) is 8.45. The number of nitrogens with one attached hydrogen (secondary N) is 1. The molecule has 1 atom stereocenters. The first kappa shape index (κ1) is 26.2. The van der Waals surface area contributed by atoms with Crippen LogP contribution in [-0.2, 0) is 16.1 Å². The summed E-state index contributed by atoms with van der Waals surface area (Å²) in [6.07, 6.45) is 2.41. The molecule has 180 valence electrons. The van der Waals surface area contributed by atoms with E-state index >= 15 is 0 Å². The third-order valence-corrected chi connectivity index (χ3v) is 5.61. The fraction of sp³-hybridized carbons (Fsp3) is 0.481. The van der Waals surface area contributed by atoms with Gasteiger partial charge in [-0.05, 0) is 54.2 Å². The van der Waals surface area contributed by atoms with Crippen LogP contribution in [0.1, 0.15) is 64.0 Å². The molecule has 6 heteroatoms. The molecule has 2 amide bonds. The van der Waals surface area contributed by atoms with E-state index in [-0.39, 0.29) is 18.4 Å². The lowest BCUT2D eigenvalue weighted by molar-refractivity contribution is -0.143. The number of benzene rings is 2. The number of ether oxygens (including phenoxy) is 2. The van der Waals surface area contributed by atoms with Crippen LogP contribution in [0.15, 0.2) is 48.5 Å². The SMILES string of the molecule is CCCCNC(=O)[C@@H](CC)N(Cc1cccc(OC)c1)C(=O)COc1ccc(C(C)C)cc1. The van der Waals surface area contributed by atoms with Crippen LogP contribution in [-0.4, -0.2) is 43.0 Å². The molecule has 0 bridgehead atoms. The summed E-state index contributed by atoms with van der Waals surface area (Å²) >= 11 is 0. The van der Waals surface area contributed by atoms with Gasteiger partial charge in [-0.15, -0.1) is 0 Å². The van der Waals surface area contributed by atoms with Crippen LogP contribution in [0, 0.1) is 0 Å². The molecule has 33 heavy (non-hydrogen) atoms. The Balaban J connectivity index is 2.18. The van der Waals surface area contributed by atoms with Crippen LogP contribution in [0.25, 0.3) is 0 Å². The normalized spacial score (nSPS) is 11.7. The Hall–Kier alpha value is -3.02. The van der Waals surface area contributed by atoms with Gasteiger partial charge in [0.15, 0.2) is 6.61 Å². The van der Waals surface area contributed by atoms with E-state index in [9.17, 15) is 9.59 Å². The van der Waals surface area contributed by atoms with Gasteiger partial charge in [-0.25, -0.2) is 0 Å². The Bertz CT molecular complexity index is 880. The molecule has 0 saturated heterocycles. The van der Waals surface area contributed by atoms with Crippen LogP contribution in [0.5, 0.6) is 11.5 Å². The summed E-state index contributed by atoms with van der Waals surface area (Å²) in [7, 11) is 1.61. The van der Waals surface area contributed by atoms with Crippen LogP contribution in [0.3, 0.4) is 0 Å². The van der Waals surface area contributed by atoms with Gasteiger partial charge in [-0.1, -0.05) is 58.4 Å². The molecule has 0 aliphatic carbocycles. The molecule has 2 aromatic carbocycles. The van der Waals surface area contributed by atoms with Crippen molar-refractivity contribution in [2.45, 2.75) is 65.5 Å². The van der Waals surface area contributed by atoms with Crippen molar-refractivity contribution in [3.05, 3.63) is 59.7 Å². The molecular formula is C27H38N2O4. The molecule has 2 rings (SSSR count). The highest BCUT2D eigenvalue weighted by molar-refractivity contribution is 5.88. The first-order chi connectivity index (χ1) is 15.9. The van der Waals surface area contributed by atoms with E-state index in [1.807, 2.05) is 55.5 Å². The maximum atomic E-state index is 13.3. The van der Waals surface area contributed by atoms with Crippen molar-refractivity contribution in [3.63, 3.8) is 0 Å². The lowest BCUT2D eigenvalue weighted by Gasteiger charge is -2.30. The largest absolute Gasteiger partial charge is 0.497 e. The molecule has 0 aliphatic heterocycles. The van der Waals surface area contributed by atoms with Crippen LogP contribution in [0.2, 0.25) is 0 Å². The van der Waals surface area contributed by atoms with E-state index in [0.717, 1.165) is 18.4 Å². The van der Waals surface area contributed by atoms with E-state index in [1.54, 1.807) is 12.0 Å². The zero-order valence-corrected chi connectivity index (χ0v) is 20.6. The number of hydrogen-bond donors (Lipinski definition) is 1. The summed E-state index contributed by atoms with van der Waals surface area (Å²) in [5.41, 5.74) is 2.10. The molecule has 2 aromatic rings. The third-order valence-electron chi connectivity index (χ3n) is 5.61. The van der Waals surface area contributed by atoms with Gasteiger partial charge >= 0.3 is 0 Å². The Morgan fingerprint density at radius 3 is 2.36 bits per heavy atom. The lowest BCUT2D eigenvalue weighted by atomic mass is 10.0. The van der Waals surface area contributed by atoms with E-state index < -0.39 is 6.04 Å². The molecule has 0 aliphatic rings. The Morgan fingerprint density at radius 2 is 1.76 bits per heavy atom. The van der Waals surface area contributed by atoms with E-state index in [4.69, 9.17) is 9.47 Å².